The van der Waals surface area contributed by atoms with Crippen molar-refractivity contribution in [1.82, 2.24) is 10.2 Å². The van der Waals surface area contributed by atoms with E-state index in [1.54, 1.807) is 72.8 Å². The minimum Gasteiger partial charge on any atom is -0.489 e. The summed E-state index contributed by atoms with van der Waals surface area (Å²) in [7, 11) is 0. The van der Waals surface area contributed by atoms with E-state index in [1.165, 1.54) is 6.07 Å². The van der Waals surface area contributed by atoms with Gasteiger partial charge < -0.3 is 25.2 Å². The van der Waals surface area contributed by atoms with Crippen LogP contribution >= 0.6 is 23.2 Å². The molecule has 0 aromatic heterocycles. The summed E-state index contributed by atoms with van der Waals surface area (Å²) in [5, 5.41) is 26.0. The largest absolute Gasteiger partial charge is 0.489 e. The fourth-order valence-electron chi connectivity index (χ4n) is 7.54. The molecule has 0 bridgehead atoms. The van der Waals surface area contributed by atoms with E-state index in [0.717, 1.165) is 27.8 Å². The Balaban J connectivity index is 0.984. The number of benzene rings is 6. The molecule has 2 heterocycles. The number of anilines is 1. The van der Waals surface area contributed by atoms with Gasteiger partial charge in [0.25, 0.3) is 5.91 Å². The standard InChI is InChI=1S/C48H37Cl2FN4O6/c49-38-18-9-30(19-39(38)50)27-60-37-16-14-33(15-17-37)45-47(57)53-41-21-35-22-43(55(26-36(35)23-44(41)61-45)25-34-3-1-2-4-40(34)51)46(56)54-42(48(58)59)20-28-5-10-31(11-6-28)32-12-7-29(24-52)8-13-32/h1-19,21,23,42-43,45H,20,22,25-27H2,(H,53,57)(H,54,56)(H,58,59)/t42-,43?,45?/m0/s1. The van der Waals surface area contributed by atoms with Gasteiger partial charge in [0.15, 0.2) is 0 Å². The first kappa shape index (κ1) is 41.0. The number of hydrogen-bond donors (Lipinski definition) is 3. The zero-order valence-corrected chi connectivity index (χ0v) is 33.9. The van der Waals surface area contributed by atoms with Crippen molar-refractivity contribution in [2.45, 2.75) is 50.7 Å². The van der Waals surface area contributed by atoms with Crippen LogP contribution in [0.3, 0.4) is 0 Å². The molecule has 3 atom stereocenters. The molecule has 0 radical (unpaired) electrons. The second-order valence-electron chi connectivity index (χ2n) is 14.9. The quantitative estimate of drug-likeness (QED) is 0.111. The fourth-order valence-corrected chi connectivity index (χ4v) is 7.86. The third-order valence-corrected chi connectivity index (χ3v) is 11.6. The summed E-state index contributed by atoms with van der Waals surface area (Å²) in [4.78, 5) is 41.9. The van der Waals surface area contributed by atoms with Crippen molar-refractivity contribution in [2.24, 2.45) is 0 Å². The van der Waals surface area contributed by atoms with Gasteiger partial charge in [0.2, 0.25) is 12.0 Å². The normalized spacial score (nSPS) is 16.2. The highest BCUT2D eigenvalue weighted by Crippen LogP contribution is 2.40. The lowest BCUT2D eigenvalue weighted by atomic mass is 9.91. The molecule has 0 aliphatic carbocycles. The van der Waals surface area contributed by atoms with Gasteiger partial charge in [-0.1, -0.05) is 96.0 Å². The molecule has 6 aromatic carbocycles. The van der Waals surface area contributed by atoms with Gasteiger partial charge in [0.05, 0.1) is 33.4 Å². The van der Waals surface area contributed by atoms with Crippen LogP contribution in [-0.4, -0.2) is 39.9 Å². The molecule has 8 rings (SSSR count). The van der Waals surface area contributed by atoms with Crippen molar-refractivity contribution in [3.05, 3.63) is 182 Å². The molecule has 2 aliphatic rings. The lowest BCUT2D eigenvalue weighted by Crippen LogP contribution is -2.54. The van der Waals surface area contributed by atoms with Crippen LogP contribution in [0.15, 0.2) is 127 Å². The second-order valence-corrected chi connectivity index (χ2v) is 15.7. The molecule has 3 N–H and O–H groups in total. The van der Waals surface area contributed by atoms with E-state index in [9.17, 15) is 19.5 Å². The number of nitrogens with zero attached hydrogens (tertiary/aromatic N) is 2. The number of halogens is 3. The molecular weight excluding hydrogens is 818 g/mol. The minimum atomic E-state index is -1.25. The Kier molecular flexibility index (Phi) is 12.0. The Morgan fingerprint density at radius 1 is 0.902 bits per heavy atom. The van der Waals surface area contributed by atoms with Crippen LogP contribution in [0, 0.1) is 17.1 Å². The molecule has 61 heavy (non-hydrogen) atoms. The molecule has 6 aromatic rings. The maximum absolute atomic E-state index is 15.0. The summed E-state index contributed by atoms with van der Waals surface area (Å²) in [5.74, 6) is -1.50. The smallest absolute Gasteiger partial charge is 0.326 e. The van der Waals surface area contributed by atoms with Gasteiger partial charge >= 0.3 is 5.97 Å². The van der Waals surface area contributed by atoms with Gasteiger partial charge in [-0.3, -0.25) is 14.5 Å². The number of nitriles is 1. The zero-order valence-electron chi connectivity index (χ0n) is 32.4. The molecule has 0 spiro atoms. The van der Waals surface area contributed by atoms with Crippen LogP contribution in [0.1, 0.15) is 45.0 Å². The molecule has 306 valence electrons. The van der Waals surface area contributed by atoms with Gasteiger partial charge in [0.1, 0.15) is 30.0 Å². The van der Waals surface area contributed by atoms with Gasteiger partial charge in [0, 0.05) is 30.6 Å². The first-order valence-corrected chi connectivity index (χ1v) is 20.2. The Bertz CT molecular complexity index is 2670. The van der Waals surface area contributed by atoms with Crippen molar-refractivity contribution >= 4 is 46.7 Å². The molecule has 2 unspecified atom stereocenters. The number of carboxylic acid groups (broad SMARTS) is 1. The average molecular weight is 856 g/mol. The van der Waals surface area contributed by atoms with Crippen molar-refractivity contribution in [1.29, 1.82) is 5.26 Å². The molecular formula is C48H37Cl2FN4O6. The van der Waals surface area contributed by atoms with Gasteiger partial charge in [-0.15, -0.1) is 0 Å². The molecule has 2 amide bonds. The average Bonchev–Trinajstić information content (AvgIpc) is 3.26. The second kappa shape index (κ2) is 17.9. The van der Waals surface area contributed by atoms with E-state index >= 15 is 4.39 Å². The molecule has 13 heteroatoms. The van der Waals surface area contributed by atoms with E-state index in [2.05, 4.69) is 16.7 Å². The van der Waals surface area contributed by atoms with Crippen molar-refractivity contribution < 1.29 is 33.4 Å². The summed E-state index contributed by atoms with van der Waals surface area (Å²) in [5.41, 5.74) is 6.90. The van der Waals surface area contributed by atoms with Crippen LogP contribution in [0.5, 0.6) is 11.5 Å². The fraction of sp³-hybridized carbons (Fsp3) is 0.167. The van der Waals surface area contributed by atoms with Crippen LogP contribution in [0.25, 0.3) is 11.1 Å². The Labute approximate surface area is 361 Å². The zero-order chi connectivity index (χ0) is 42.6. The summed E-state index contributed by atoms with van der Waals surface area (Å²) in [6.07, 6.45) is -0.763. The Morgan fingerprint density at radius 2 is 1.61 bits per heavy atom. The van der Waals surface area contributed by atoms with Crippen molar-refractivity contribution in [2.75, 3.05) is 5.32 Å². The number of carbonyl (C=O) groups is 3. The van der Waals surface area contributed by atoms with Crippen LogP contribution < -0.4 is 20.1 Å². The Morgan fingerprint density at radius 3 is 2.30 bits per heavy atom. The molecule has 0 saturated carbocycles. The summed E-state index contributed by atoms with van der Waals surface area (Å²) < 4.78 is 27.2. The third kappa shape index (κ3) is 9.37. The molecule has 10 nitrogen and oxygen atoms in total. The van der Waals surface area contributed by atoms with E-state index < -0.39 is 35.9 Å². The Hall–Kier alpha value is -6.71. The summed E-state index contributed by atoms with van der Waals surface area (Å²) in [6, 6.07) is 36.7. The lowest BCUT2D eigenvalue weighted by molar-refractivity contribution is -0.142. The van der Waals surface area contributed by atoms with Crippen LogP contribution in [0.4, 0.5) is 10.1 Å². The lowest BCUT2D eigenvalue weighted by Gasteiger charge is -2.37. The predicted molar refractivity (Wildman–Crippen MR) is 229 cm³/mol. The SMILES string of the molecule is N#Cc1ccc(-c2ccc(C[C@H](NC(=O)C3Cc4cc5c(cc4CN3Cc3ccccc3F)OC(c3ccc(OCc4ccc(Cl)c(Cl)c4)cc3)C(=O)N5)C(=O)O)cc2)cc1. The number of hydrogen-bond acceptors (Lipinski definition) is 7. The predicted octanol–water partition coefficient (Wildman–Crippen LogP) is 9.06. The maximum Gasteiger partial charge on any atom is 0.326 e. The number of amides is 2. The number of rotatable bonds is 12. The third-order valence-electron chi connectivity index (χ3n) is 10.8. The highest BCUT2D eigenvalue weighted by Gasteiger charge is 2.37. The molecule has 0 saturated heterocycles. The molecule has 0 fully saturated rings. The summed E-state index contributed by atoms with van der Waals surface area (Å²) in [6.45, 7) is 0.564. The number of fused-ring (bicyclic) bond motifs is 2. The number of aliphatic carboxylic acids is 1. The number of carbonyl (C=O) groups excluding carboxylic acids is 2. The molecule has 2 aliphatic heterocycles. The van der Waals surface area contributed by atoms with E-state index in [1.807, 2.05) is 53.4 Å². The van der Waals surface area contributed by atoms with Crippen LogP contribution in [0.2, 0.25) is 10.0 Å². The first-order valence-electron chi connectivity index (χ1n) is 19.4. The summed E-state index contributed by atoms with van der Waals surface area (Å²) >= 11 is 12.2. The van der Waals surface area contributed by atoms with E-state index in [-0.39, 0.29) is 38.4 Å². The number of ether oxygens (including phenoxy) is 2. The number of carboxylic acids is 1. The van der Waals surface area contributed by atoms with Crippen molar-refractivity contribution in [3.63, 3.8) is 0 Å². The maximum atomic E-state index is 15.0. The highest BCUT2D eigenvalue weighted by molar-refractivity contribution is 6.42. The topological polar surface area (TPSA) is 141 Å². The minimum absolute atomic E-state index is 0.0257. The van der Waals surface area contributed by atoms with Gasteiger partial charge in [-0.05, 0) is 94.4 Å². The van der Waals surface area contributed by atoms with E-state index in [0.29, 0.717) is 49.5 Å². The monoisotopic (exact) mass is 854 g/mol. The van der Waals surface area contributed by atoms with Gasteiger partial charge in [-0.25, -0.2) is 9.18 Å². The van der Waals surface area contributed by atoms with E-state index in [4.69, 9.17) is 37.9 Å². The highest BCUT2D eigenvalue weighted by atomic mass is 35.5. The van der Waals surface area contributed by atoms with Crippen LogP contribution in [-0.2, 0) is 46.9 Å². The number of nitrogens with one attached hydrogen (secondary N) is 2. The first-order chi connectivity index (χ1) is 29.5. The van der Waals surface area contributed by atoms with Crippen molar-refractivity contribution in [3.8, 4) is 28.7 Å². The van der Waals surface area contributed by atoms with Gasteiger partial charge in [-0.2, -0.15) is 5.26 Å².